The van der Waals surface area contributed by atoms with E-state index in [1.165, 1.54) is 11.0 Å². The molecule has 0 aliphatic carbocycles. The van der Waals surface area contributed by atoms with Crippen LogP contribution in [0.3, 0.4) is 0 Å². The van der Waals surface area contributed by atoms with Gasteiger partial charge in [0, 0.05) is 19.6 Å². The highest BCUT2D eigenvalue weighted by atomic mass is 19.4. The predicted octanol–water partition coefficient (Wildman–Crippen LogP) is 2.61. The minimum atomic E-state index is -4.53. The fourth-order valence-corrected chi connectivity index (χ4v) is 4.21. The van der Waals surface area contributed by atoms with Crippen molar-refractivity contribution in [2.75, 3.05) is 18.0 Å². The lowest BCUT2D eigenvalue weighted by Gasteiger charge is -2.49. The molecule has 2 N–H and O–H groups in total. The van der Waals surface area contributed by atoms with Gasteiger partial charge in [0.2, 0.25) is 5.79 Å². The van der Waals surface area contributed by atoms with Gasteiger partial charge in [-0.3, -0.25) is 20.3 Å². The number of hydrogen-bond donors (Lipinski definition) is 2. The van der Waals surface area contributed by atoms with Crippen molar-refractivity contribution in [3.8, 4) is 0 Å². The Morgan fingerprint density at radius 1 is 1.07 bits per heavy atom. The number of rotatable bonds is 3. The van der Waals surface area contributed by atoms with E-state index in [0.717, 1.165) is 17.7 Å². The predicted molar refractivity (Wildman–Crippen MR) is 102 cm³/mol. The number of halogens is 3. The number of anilines is 1. The number of urea groups is 1. The molecule has 0 saturated carbocycles. The van der Waals surface area contributed by atoms with Gasteiger partial charge in [-0.2, -0.15) is 13.2 Å². The van der Waals surface area contributed by atoms with Gasteiger partial charge >= 0.3 is 12.2 Å². The first-order valence-corrected chi connectivity index (χ1v) is 9.31. The van der Waals surface area contributed by atoms with Crippen LogP contribution in [0.15, 0.2) is 53.5 Å². The van der Waals surface area contributed by atoms with Crippen LogP contribution < -0.4 is 15.5 Å². The highest BCUT2D eigenvalue weighted by molar-refractivity contribution is 6.47. The third-order valence-corrected chi connectivity index (χ3v) is 5.55. The summed E-state index contributed by atoms with van der Waals surface area (Å²) in [6.07, 6.45) is -4.53. The molecule has 1 unspecified atom stereocenters. The number of fused-ring (bicyclic) bond motifs is 2. The maximum Gasteiger partial charge on any atom is 0.416 e. The summed E-state index contributed by atoms with van der Waals surface area (Å²) in [5, 5.41) is 5.51. The molecule has 3 aliphatic rings. The van der Waals surface area contributed by atoms with Gasteiger partial charge in [0.05, 0.1) is 16.9 Å². The number of amides is 3. The molecule has 2 aromatic rings. The number of alkyl halides is 3. The van der Waals surface area contributed by atoms with Gasteiger partial charge in [-0.1, -0.05) is 30.3 Å². The second-order valence-electron chi connectivity index (χ2n) is 7.24. The minimum Gasteiger partial charge on any atom is -0.327 e. The smallest absolute Gasteiger partial charge is 0.327 e. The van der Waals surface area contributed by atoms with Gasteiger partial charge in [-0.25, -0.2) is 9.79 Å². The second kappa shape index (κ2) is 6.30. The van der Waals surface area contributed by atoms with Crippen LogP contribution in [0.4, 0.5) is 29.3 Å². The summed E-state index contributed by atoms with van der Waals surface area (Å²) in [4.78, 5) is 32.7. The highest BCUT2D eigenvalue weighted by Crippen LogP contribution is 2.45. The van der Waals surface area contributed by atoms with Crippen LogP contribution in [0.1, 0.15) is 11.1 Å². The van der Waals surface area contributed by atoms with E-state index in [9.17, 15) is 22.8 Å². The molecule has 154 valence electrons. The molecule has 7 nitrogen and oxygen atoms in total. The summed E-state index contributed by atoms with van der Waals surface area (Å²) in [6.45, 7) is 0.934. The van der Waals surface area contributed by atoms with E-state index in [2.05, 4.69) is 15.6 Å². The number of hydrogen-bond acceptors (Lipinski definition) is 5. The van der Waals surface area contributed by atoms with Gasteiger partial charge < -0.3 is 4.90 Å². The van der Waals surface area contributed by atoms with Crippen LogP contribution in [-0.4, -0.2) is 41.4 Å². The van der Waals surface area contributed by atoms with E-state index in [1.807, 2.05) is 30.3 Å². The standard InChI is InChI=1S/C20H16F3N5O2/c21-19(22,23)13-6-7-15-14(10-13)25-16-17(29)26-18(30)28-9-8-27(15)20(16,28)24-11-12-4-2-1-3-5-12/h1-7,10,24H,8-9,11H2,(H,26,29,30)/i17+1,20+1. The molecule has 3 aliphatic heterocycles. The average molecular weight is 417 g/mol. The number of nitrogens with zero attached hydrogens (tertiary/aromatic N) is 3. The number of carbonyl (C=O) groups is 2. The second-order valence-corrected chi connectivity index (χ2v) is 7.24. The summed E-state index contributed by atoms with van der Waals surface area (Å²) in [5.41, 5.74) is 0.492. The summed E-state index contributed by atoms with van der Waals surface area (Å²) in [6, 6.07) is 12.1. The molecule has 2 saturated heterocycles. The minimum absolute atomic E-state index is 0.0447. The number of carbonyl (C=O) groups excluding carboxylic acids is 2. The van der Waals surface area contributed by atoms with Crippen molar-refractivity contribution < 1.29 is 22.8 Å². The van der Waals surface area contributed by atoms with Crippen molar-refractivity contribution in [3.63, 3.8) is 0 Å². The lowest BCUT2D eigenvalue weighted by molar-refractivity contribution is -0.137. The molecular weight excluding hydrogens is 401 g/mol. The summed E-state index contributed by atoms with van der Waals surface area (Å²) >= 11 is 0. The van der Waals surface area contributed by atoms with Gasteiger partial charge in [-0.05, 0) is 23.8 Å². The van der Waals surface area contributed by atoms with Gasteiger partial charge in [0.15, 0.2) is 5.71 Å². The Morgan fingerprint density at radius 2 is 1.80 bits per heavy atom. The van der Waals surface area contributed by atoms with E-state index in [1.54, 1.807) is 4.90 Å². The van der Waals surface area contributed by atoms with E-state index >= 15 is 0 Å². The van der Waals surface area contributed by atoms with Crippen molar-refractivity contribution in [1.82, 2.24) is 15.5 Å². The number of aliphatic imine (C=N–C) groups is 1. The Balaban J connectivity index is 1.64. The summed E-state index contributed by atoms with van der Waals surface area (Å²) in [5.74, 6) is -2.09. The molecule has 0 bridgehead atoms. The van der Waals surface area contributed by atoms with Crippen molar-refractivity contribution >= 4 is 29.0 Å². The Kier molecular flexibility index (Phi) is 3.91. The van der Waals surface area contributed by atoms with Crippen LogP contribution in [-0.2, 0) is 17.5 Å². The SMILES string of the molecule is O=C1N[13C](=O)C2=Nc3cc(C(F)(F)F)ccc3N3CCN1[13C]23NCc1ccccc1. The first kappa shape index (κ1) is 18.6. The zero-order valence-corrected chi connectivity index (χ0v) is 15.5. The zero-order valence-electron chi connectivity index (χ0n) is 15.5. The van der Waals surface area contributed by atoms with E-state index in [-0.39, 0.29) is 17.9 Å². The molecule has 0 aromatic heterocycles. The number of imide groups is 1. The molecule has 3 amide bonds. The van der Waals surface area contributed by atoms with E-state index in [0.29, 0.717) is 18.8 Å². The number of benzene rings is 2. The van der Waals surface area contributed by atoms with Crippen LogP contribution in [0, 0.1) is 0 Å². The monoisotopic (exact) mass is 417 g/mol. The Labute approximate surface area is 169 Å². The molecular formula is C20H16F3N5O2. The van der Waals surface area contributed by atoms with Gasteiger partial charge in [0.1, 0.15) is 0 Å². The third-order valence-electron chi connectivity index (χ3n) is 5.55. The quantitative estimate of drug-likeness (QED) is 0.753. The molecule has 0 radical (unpaired) electrons. The molecule has 3 heterocycles. The van der Waals surface area contributed by atoms with Crippen molar-refractivity contribution in [2.24, 2.45) is 4.99 Å². The van der Waals surface area contributed by atoms with E-state index < -0.39 is 29.5 Å². The Hall–Kier alpha value is -3.40. The van der Waals surface area contributed by atoms with Crippen LogP contribution in [0.5, 0.6) is 0 Å². The lowest BCUT2D eigenvalue weighted by Crippen LogP contribution is -2.77. The first-order valence-electron chi connectivity index (χ1n) is 9.31. The maximum absolute atomic E-state index is 13.2. The molecule has 5 rings (SSSR count). The summed E-state index contributed by atoms with van der Waals surface area (Å²) in [7, 11) is 0. The number of nitrogens with one attached hydrogen (secondary N) is 2. The third kappa shape index (κ3) is 2.60. The molecule has 2 aromatic carbocycles. The van der Waals surface area contributed by atoms with Crippen molar-refractivity contribution in [3.05, 3.63) is 59.7 Å². The zero-order chi connectivity index (χ0) is 21.1. The van der Waals surface area contributed by atoms with Crippen LogP contribution in [0.25, 0.3) is 0 Å². The molecule has 0 spiro atoms. The molecule has 30 heavy (non-hydrogen) atoms. The van der Waals surface area contributed by atoms with Crippen LogP contribution in [0.2, 0.25) is 0 Å². The Bertz CT molecular complexity index is 1090. The molecule has 2 fully saturated rings. The van der Waals surface area contributed by atoms with Crippen molar-refractivity contribution in [2.45, 2.75) is 18.5 Å². The fourth-order valence-electron chi connectivity index (χ4n) is 4.21. The molecule has 1 atom stereocenters. The first-order chi connectivity index (χ1) is 14.3. The largest absolute Gasteiger partial charge is 0.416 e. The maximum atomic E-state index is 13.2. The molecule has 10 heteroatoms. The van der Waals surface area contributed by atoms with Crippen molar-refractivity contribution in [1.29, 1.82) is 0 Å². The average Bonchev–Trinajstić information content (AvgIpc) is 3.11. The fraction of sp³-hybridized carbons (Fsp3) is 0.250. The van der Waals surface area contributed by atoms with Gasteiger partial charge in [-0.15, -0.1) is 0 Å². The summed E-state index contributed by atoms with van der Waals surface area (Å²) < 4.78 is 39.6. The topological polar surface area (TPSA) is 77.0 Å². The van der Waals surface area contributed by atoms with Gasteiger partial charge in [0.25, 0.3) is 5.91 Å². The Morgan fingerprint density at radius 3 is 2.53 bits per heavy atom. The van der Waals surface area contributed by atoms with Crippen LogP contribution >= 0.6 is 0 Å². The normalized spacial score (nSPS) is 22.4. The highest BCUT2D eigenvalue weighted by Gasteiger charge is 2.60. The lowest BCUT2D eigenvalue weighted by atomic mass is 10.1. The van der Waals surface area contributed by atoms with E-state index in [4.69, 9.17) is 0 Å².